The maximum atomic E-state index is 12.4. The Hall–Kier alpha value is -4.13. The number of nitrogens with one attached hydrogen (secondary N) is 2. The first-order valence-corrected chi connectivity index (χ1v) is 9.28. The van der Waals surface area contributed by atoms with Gasteiger partial charge in [0.1, 0.15) is 5.69 Å². The molecule has 7 nitrogen and oxygen atoms in total. The molecule has 1 heterocycles. The van der Waals surface area contributed by atoms with Gasteiger partial charge in [0.15, 0.2) is 11.5 Å². The number of hydrogen-bond acceptors (Lipinski definition) is 5. The van der Waals surface area contributed by atoms with Crippen LogP contribution in [0.3, 0.4) is 0 Å². The van der Waals surface area contributed by atoms with Crippen molar-refractivity contribution >= 4 is 22.9 Å². The summed E-state index contributed by atoms with van der Waals surface area (Å²) in [5.74, 6) is 0.823. The number of aromatic nitrogens is 2. The molecule has 0 spiro atoms. The Kier molecular flexibility index (Phi) is 5.43. The van der Waals surface area contributed by atoms with Crippen LogP contribution in [0.25, 0.3) is 22.0 Å². The summed E-state index contributed by atoms with van der Waals surface area (Å²) in [6.45, 7) is 0. The van der Waals surface area contributed by atoms with Crippen LogP contribution in [0, 0.1) is 0 Å². The van der Waals surface area contributed by atoms with Crippen LogP contribution in [0.15, 0.2) is 71.8 Å². The van der Waals surface area contributed by atoms with E-state index in [-0.39, 0.29) is 5.91 Å². The lowest BCUT2D eigenvalue weighted by Gasteiger charge is -2.07. The van der Waals surface area contributed by atoms with Crippen LogP contribution in [-0.2, 0) is 0 Å². The summed E-state index contributed by atoms with van der Waals surface area (Å²) >= 11 is 0. The quantitative estimate of drug-likeness (QED) is 0.378. The molecule has 0 aliphatic rings. The number of methoxy groups -OCH3 is 2. The number of ether oxygens (including phenoxy) is 2. The van der Waals surface area contributed by atoms with Crippen LogP contribution in [-0.4, -0.2) is 36.5 Å². The number of H-pyrrole nitrogens is 1. The van der Waals surface area contributed by atoms with Gasteiger partial charge in [-0.05, 0) is 40.6 Å². The Morgan fingerprint density at radius 3 is 2.63 bits per heavy atom. The van der Waals surface area contributed by atoms with Crippen molar-refractivity contribution in [3.8, 4) is 22.8 Å². The number of nitrogens with zero attached hydrogens (tertiary/aromatic N) is 2. The van der Waals surface area contributed by atoms with Gasteiger partial charge >= 0.3 is 0 Å². The van der Waals surface area contributed by atoms with E-state index >= 15 is 0 Å². The Balaban J connectivity index is 1.49. The number of carbonyl (C=O) groups is 1. The molecule has 0 fully saturated rings. The molecule has 0 aliphatic carbocycles. The third-order valence-corrected chi connectivity index (χ3v) is 4.68. The van der Waals surface area contributed by atoms with Crippen molar-refractivity contribution in [1.82, 2.24) is 15.6 Å². The number of amides is 1. The maximum Gasteiger partial charge on any atom is 0.289 e. The number of rotatable bonds is 6. The van der Waals surface area contributed by atoms with E-state index in [2.05, 4.69) is 20.7 Å². The second-order valence-corrected chi connectivity index (χ2v) is 6.51. The van der Waals surface area contributed by atoms with Crippen LogP contribution in [0.5, 0.6) is 11.5 Å². The summed E-state index contributed by atoms with van der Waals surface area (Å²) < 4.78 is 10.5. The lowest BCUT2D eigenvalue weighted by atomic mass is 10.0. The minimum Gasteiger partial charge on any atom is -0.493 e. The average Bonchev–Trinajstić information content (AvgIpc) is 3.28. The minimum absolute atomic E-state index is 0.322. The molecule has 2 N–H and O–H groups in total. The first kappa shape index (κ1) is 19.2. The van der Waals surface area contributed by atoms with Crippen molar-refractivity contribution in [3.63, 3.8) is 0 Å². The van der Waals surface area contributed by atoms with Crippen molar-refractivity contribution in [3.05, 3.63) is 78.0 Å². The van der Waals surface area contributed by atoms with Gasteiger partial charge in [0.05, 0.1) is 26.1 Å². The van der Waals surface area contributed by atoms with Crippen LogP contribution >= 0.6 is 0 Å². The van der Waals surface area contributed by atoms with Crippen molar-refractivity contribution in [2.24, 2.45) is 5.10 Å². The van der Waals surface area contributed by atoms with E-state index in [0.29, 0.717) is 22.9 Å². The molecular formula is C23H20N4O3. The van der Waals surface area contributed by atoms with Gasteiger partial charge in [-0.15, -0.1) is 0 Å². The highest BCUT2D eigenvalue weighted by Gasteiger charge is 2.12. The predicted molar refractivity (Wildman–Crippen MR) is 116 cm³/mol. The molecule has 0 saturated carbocycles. The molecular weight excluding hydrogens is 380 g/mol. The number of fused-ring (bicyclic) bond motifs is 1. The fourth-order valence-corrected chi connectivity index (χ4v) is 3.18. The van der Waals surface area contributed by atoms with Gasteiger partial charge in [0.2, 0.25) is 0 Å². The lowest BCUT2D eigenvalue weighted by molar-refractivity contribution is 0.0950. The van der Waals surface area contributed by atoms with Gasteiger partial charge in [-0.1, -0.05) is 42.5 Å². The summed E-state index contributed by atoms with van der Waals surface area (Å²) in [6, 6.07) is 21.1. The number of carbonyl (C=O) groups excluding carboxylic acids is 1. The molecule has 150 valence electrons. The van der Waals surface area contributed by atoms with E-state index in [9.17, 15) is 4.79 Å². The average molecular weight is 400 g/mol. The minimum atomic E-state index is -0.384. The summed E-state index contributed by atoms with van der Waals surface area (Å²) in [6.07, 6.45) is 1.53. The highest BCUT2D eigenvalue weighted by molar-refractivity contribution is 5.98. The van der Waals surface area contributed by atoms with Crippen LogP contribution in [0.2, 0.25) is 0 Å². The van der Waals surface area contributed by atoms with Crippen molar-refractivity contribution in [1.29, 1.82) is 0 Å². The molecule has 30 heavy (non-hydrogen) atoms. The zero-order valence-corrected chi connectivity index (χ0v) is 16.5. The fraction of sp³-hybridized carbons (Fsp3) is 0.0870. The highest BCUT2D eigenvalue weighted by Crippen LogP contribution is 2.28. The maximum absolute atomic E-state index is 12.4. The lowest BCUT2D eigenvalue weighted by Crippen LogP contribution is -2.18. The van der Waals surface area contributed by atoms with E-state index < -0.39 is 0 Å². The van der Waals surface area contributed by atoms with Gasteiger partial charge in [0.25, 0.3) is 5.91 Å². The Bertz CT molecular complexity index is 1220. The number of aromatic amines is 1. The summed E-state index contributed by atoms with van der Waals surface area (Å²) in [5.41, 5.74) is 5.23. The number of hydrazone groups is 1. The fourth-order valence-electron chi connectivity index (χ4n) is 3.18. The summed E-state index contributed by atoms with van der Waals surface area (Å²) in [4.78, 5) is 12.4. The molecule has 0 unspecified atom stereocenters. The molecule has 4 rings (SSSR count). The molecule has 0 radical (unpaired) electrons. The Labute approximate surface area is 173 Å². The van der Waals surface area contributed by atoms with Crippen molar-refractivity contribution in [2.75, 3.05) is 14.2 Å². The van der Waals surface area contributed by atoms with Gasteiger partial charge < -0.3 is 9.47 Å². The third-order valence-electron chi connectivity index (χ3n) is 4.68. The van der Waals surface area contributed by atoms with Gasteiger partial charge in [-0.3, -0.25) is 9.89 Å². The first-order valence-electron chi connectivity index (χ1n) is 9.28. The second-order valence-electron chi connectivity index (χ2n) is 6.51. The molecule has 0 aliphatic heterocycles. The molecule has 0 saturated heterocycles. The molecule has 1 aromatic heterocycles. The molecule has 3 aromatic carbocycles. The van der Waals surface area contributed by atoms with Crippen LogP contribution < -0.4 is 14.9 Å². The highest BCUT2D eigenvalue weighted by atomic mass is 16.5. The zero-order valence-electron chi connectivity index (χ0n) is 16.5. The van der Waals surface area contributed by atoms with Crippen LogP contribution in [0.4, 0.5) is 0 Å². The Morgan fingerprint density at radius 2 is 1.80 bits per heavy atom. The monoisotopic (exact) mass is 400 g/mol. The summed E-state index contributed by atoms with van der Waals surface area (Å²) in [5, 5.41) is 13.3. The number of benzene rings is 3. The second kappa shape index (κ2) is 8.48. The molecule has 0 atom stereocenters. The standard InChI is InChI=1S/C23H20N4O3/c1-29-21-11-10-15(12-22(21)30-2)14-24-27-23(28)20-13-19(25-26-20)18-9-5-7-16-6-3-4-8-17(16)18/h3-14H,1-2H3,(H,25,26)(H,27,28). The van der Waals surface area contributed by atoms with E-state index in [1.54, 1.807) is 32.4 Å². The molecule has 1 amide bonds. The van der Waals surface area contributed by atoms with Crippen molar-refractivity contribution in [2.45, 2.75) is 0 Å². The summed E-state index contributed by atoms with van der Waals surface area (Å²) in [7, 11) is 3.13. The number of hydrogen-bond donors (Lipinski definition) is 2. The molecule has 4 aromatic rings. The van der Waals surface area contributed by atoms with Gasteiger partial charge in [-0.25, -0.2) is 5.43 Å². The Morgan fingerprint density at radius 1 is 1.00 bits per heavy atom. The molecule has 7 heteroatoms. The smallest absolute Gasteiger partial charge is 0.289 e. The first-order chi connectivity index (χ1) is 14.7. The van der Waals surface area contributed by atoms with E-state index in [4.69, 9.17) is 9.47 Å². The van der Waals surface area contributed by atoms with Crippen molar-refractivity contribution < 1.29 is 14.3 Å². The third kappa shape index (κ3) is 3.86. The zero-order chi connectivity index (χ0) is 20.9. The predicted octanol–water partition coefficient (Wildman–Crippen LogP) is 4.01. The van der Waals surface area contributed by atoms with E-state index in [1.807, 2.05) is 48.5 Å². The van der Waals surface area contributed by atoms with Gasteiger partial charge in [-0.2, -0.15) is 10.2 Å². The van der Waals surface area contributed by atoms with E-state index in [1.165, 1.54) is 6.21 Å². The van der Waals surface area contributed by atoms with Gasteiger partial charge in [0, 0.05) is 5.56 Å². The molecule has 0 bridgehead atoms. The normalized spacial score (nSPS) is 11.0. The van der Waals surface area contributed by atoms with Crippen LogP contribution in [0.1, 0.15) is 16.1 Å². The van der Waals surface area contributed by atoms with E-state index in [0.717, 1.165) is 21.9 Å². The SMILES string of the molecule is COc1ccc(C=NNC(=O)c2cc(-c3cccc4ccccc34)n[nH]2)cc1OC. The topological polar surface area (TPSA) is 88.6 Å². The largest absolute Gasteiger partial charge is 0.493 e.